The van der Waals surface area contributed by atoms with Crippen LogP contribution in [0.5, 0.6) is 5.75 Å². The van der Waals surface area contributed by atoms with Gasteiger partial charge in [-0.3, -0.25) is 4.79 Å². The minimum atomic E-state index is 0.0672. The van der Waals surface area contributed by atoms with Gasteiger partial charge in [0.05, 0.1) is 5.56 Å². The molecule has 1 aliphatic carbocycles. The van der Waals surface area contributed by atoms with Gasteiger partial charge in [-0.05, 0) is 40.5 Å². The van der Waals surface area contributed by atoms with E-state index in [1.807, 2.05) is 6.07 Å². The summed E-state index contributed by atoms with van der Waals surface area (Å²) in [5, 5.41) is 9.75. The smallest absolute Gasteiger partial charge is 0.153 e. The Morgan fingerprint density at radius 2 is 1.62 bits per heavy atom. The van der Waals surface area contributed by atoms with E-state index < -0.39 is 0 Å². The van der Waals surface area contributed by atoms with Gasteiger partial charge in [0.1, 0.15) is 5.75 Å². The lowest BCUT2D eigenvalue weighted by atomic mass is 9.82. The van der Waals surface area contributed by atoms with Crippen molar-refractivity contribution < 1.29 is 9.90 Å². The van der Waals surface area contributed by atoms with Gasteiger partial charge in [0.15, 0.2) is 6.29 Å². The van der Waals surface area contributed by atoms with Crippen molar-refractivity contribution in [1.29, 1.82) is 0 Å². The molecule has 0 saturated carbocycles. The van der Waals surface area contributed by atoms with Gasteiger partial charge >= 0.3 is 0 Å². The van der Waals surface area contributed by atoms with Gasteiger partial charge in [-0.2, -0.15) is 0 Å². The molecule has 0 spiro atoms. The molecule has 0 fully saturated rings. The molecule has 1 aromatic rings. The van der Waals surface area contributed by atoms with Crippen LogP contribution < -0.4 is 0 Å². The summed E-state index contributed by atoms with van der Waals surface area (Å²) in [6.07, 6.45) is 1.76. The summed E-state index contributed by atoms with van der Waals surface area (Å²) in [6.45, 7) is 8.74. The summed E-state index contributed by atoms with van der Waals surface area (Å²) < 4.78 is 0. The number of aldehydes is 1. The molecule has 86 valence electrons. The Morgan fingerprint density at radius 3 is 2.12 bits per heavy atom. The molecule has 0 bridgehead atoms. The van der Waals surface area contributed by atoms with Crippen LogP contribution in [0.25, 0.3) is 0 Å². The minimum absolute atomic E-state index is 0.0672. The van der Waals surface area contributed by atoms with Crippen LogP contribution in [-0.2, 0) is 10.8 Å². The van der Waals surface area contributed by atoms with Gasteiger partial charge in [-0.25, -0.2) is 0 Å². The van der Waals surface area contributed by atoms with Gasteiger partial charge in [0, 0.05) is 0 Å². The van der Waals surface area contributed by atoms with Crippen LogP contribution in [0.15, 0.2) is 12.1 Å². The summed E-state index contributed by atoms with van der Waals surface area (Å²) in [6, 6.07) is 3.60. The Morgan fingerprint density at radius 1 is 1.12 bits per heavy atom. The summed E-state index contributed by atoms with van der Waals surface area (Å²) in [5.74, 6) is 0.0968. The van der Waals surface area contributed by atoms with E-state index in [2.05, 4.69) is 27.7 Å². The van der Waals surface area contributed by atoms with E-state index in [4.69, 9.17) is 0 Å². The number of rotatable bonds is 1. The predicted octanol–water partition coefficient (Wildman–Crippen LogP) is 3.16. The van der Waals surface area contributed by atoms with Crippen LogP contribution in [-0.4, -0.2) is 11.4 Å². The van der Waals surface area contributed by atoms with Crippen molar-refractivity contribution in [2.75, 3.05) is 0 Å². The molecule has 16 heavy (non-hydrogen) atoms. The zero-order chi connectivity index (χ0) is 12.1. The number of aromatic hydroxyl groups is 1. The quantitative estimate of drug-likeness (QED) is 0.735. The van der Waals surface area contributed by atoms with E-state index in [1.165, 1.54) is 11.1 Å². The maximum Gasteiger partial charge on any atom is 0.153 e. The third-order valence-corrected chi connectivity index (χ3v) is 3.64. The van der Waals surface area contributed by atoms with Crippen molar-refractivity contribution in [3.05, 3.63) is 28.8 Å². The molecular weight excluding hydrogens is 200 g/mol. The minimum Gasteiger partial charge on any atom is -0.507 e. The number of hydrogen-bond donors (Lipinski definition) is 1. The number of fused-ring (bicyclic) bond motifs is 1. The molecule has 1 aromatic carbocycles. The molecule has 0 unspecified atom stereocenters. The van der Waals surface area contributed by atoms with Crippen molar-refractivity contribution in [2.45, 2.75) is 44.9 Å². The summed E-state index contributed by atoms with van der Waals surface area (Å²) in [5.41, 5.74) is 2.89. The topological polar surface area (TPSA) is 37.3 Å². The third-order valence-electron chi connectivity index (χ3n) is 3.64. The number of phenolic OH excluding ortho intramolecular Hbond substituents is 1. The highest BCUT2D eigenvalue weighted by Gasteiger charge is 2.42. The van der Waals surface area contributed by atoms with E-state index in [-0.39, 0.29) is 16.6 Å². The molecule has 2 heteroatoms. The van der Waals surface area contributed by atoms with Gasteiger partial charge < -0.3 is 5.11 Å². The van der Waals surface area contributed by atoms with Crippen LogP contribution in [0.3, 0.4) is 0 Å². The molecule has 0 atom stereocenters. The summed E-state index contributed by atoms with van der Waals surface area (Å²) in [4.78, 5) is 10.8. The van der Waals surface area contributed by atoms with Gasteiger partial charge in [0.25, 0.3) is 0 Å². The van der Waals surface area contributed by atoms with Crippen LogP contribution in [0.4, 0.5) is 0 Å². The van der Waals surface area contributed by atoms with Crippen molar-refractivity contribution in [3.63, 3.8) is 0 Å². The van der Waals surface area contributed by atoms with E-state index in [9.17, 15) is 9.90 Å². The Kier molecular flexibility index (Phi) is 2.16. The number of carbonyl (C=O) groups excluding carboxylic acids is 1. The fourth-order valence-electron chi connectivity index (χ4n) is 3.11. The zero-order valence-corrected chi connectivity index (χ0v) is 10.3. The number of carbonyl (C=O) groups is 1. The standard InChI is InChI=1S/C14H18O2/c1-13(2)8-14(3,4)11-6-12(16)9(7-15)5-10(11)13/h5-7,16H,8H2,1-4H3. The molecule has 0 saturated heterocycles. The van der Waals surface area contributed by atoms with Crippen molar-refractivity contribution in [1.82, 2.24) is 0 Å². The Hall–Kier alpha value is -1.31. The monoisotopic (exact) mass is 218 g/mol. The first-order valence-corrected chi connectivity index (χ1v) is 5.61. The average Bonchev–Trinajstić information content (AvgIpc) is 2.31. The molecule has 1 N–H and O–H groups in total. The Balaban J connectivity index is 2.72. The van der Waals surface area contributed by atoms with Crippen LogP contribution >= 0.6 is 0 Å². The molecule has 1 aliphatic rings. The van der Waals surface area contributed by atoms with Crippen LogP contribution in [0.1, 0.15) is 55.6 Å². The SMILES string of the molecule is CC1(C)CC(C)(C)c2cc(C=O)c(O)cc21. The van der Waals surface area contributed by atoms with E-state index in [0.29, 0.717) is 5.56 Å². The zero-order valence-electron chi connectivity index (χ0n) is 10.3. The normalized spacial score (nSPS) is 20.5. The van der Waals surface area contributed by atoms with Crippen molar-refractivity contribution in [3.8, 4) is 5.75 Å². The Bertz CT molecular complexity index is 456. The second kappa shape index (κ2) is 3.09. The lowest BCUT2D eigenvalue weighted by Gasteiger charge is -2.22. The maximum absolute atomic E-state index is 10.8. The Labute approximate surface area is 96.3 Å². The first-order valence-electron chi connectivity index (χ1n) is 5.61. The highest BCUT2D eigenvalue weighted by Crippen LogP contribution is 2.50. The summed E-state index contributed by atoms with van der Waals surface area (Å²) >= 11 is 0. The van der Waals surface area contributed by atoms with Gasteiger partial charge in [0.2, 0.25) is 0 Å². The lowest BCUT2D eigenvalue weighted by molar-refractivity contribution is 0.112. The second-order valence-corrected chi connectivity index (χ2v) is 6.02. The van der Waals surface area contributed by atoms with Crippen molar-refractivity contribution in [2.24, 2.45) is 0 Å². The molecule has 2 nitrogen and oxygen atoms in total. The third kappa shape index (κ3) is 1.44. The predicted molar refractivity (Wildman–Crippen MR) is 64.2 cm³/mol. The van der Waals surface area contributed by atoms with Crippen LogP contribution in [0.2, 0.25) is 0 Å². The molecular formula is C14H18O2. The fourth-order valence-corrected chi connectivity index (χ4v) is 3.11. The number of phenols is 1. The first-order chi connectivity index (χ1) is 7.28. The molecule has 0 radical (unpaired) electrons. The van der Waals surface area contributed by atoms with Crippen molar-refractivity contribution >= 4 is 6.29 Å². The largest absolute Gasteiger partial charge is 0.507 e. The molecule has 0 amide bonds. The van der Waals surface area contributed by atoms with E-state index >= 15 is 0 Å². The van der Waals surface area contributed by atoms with E-state index in [1.54, 1.807) is 6.07 Å². The summed E-state index contributed by atoms with van der Waals surface area (Å²) in [7, 11) is 0. The molecule has 0 heterocycles. The van der Waals surface area contributed by atoms with E-state index in [0.717, 1.165) is 12.7 Å². The molecule has 0 aliphatic heterocycles. The molecule has 0 aromatic heterocycles. The second-order valence-electron chi connectivity index (χ2n) is 6.02. The van der Waals surface area contributed by atoms with Gasteiger partial charge in [-0.1, -0.05) is 27.7 Å². The maximum atomic E-state index is 10.8. The van der Waals surface area contributed by atoms with Crippen LogP contribution in [0, 0.1) is 0 Å². The number of benzene rings is 1. The lowest BCUT2D eigenvalue weighted by Crippen LogP contribution is -2.17. The first kappa shape index (κ1) is 11.2. The fraction of sp³-hybridized carbons (Fsp3) is 0.500. The highest BCUT2D eigenvalue weighted by atomic mass is 16.3. The average molecular weight is 218 g/mol. The molecule has 2 rings (SSSR count). The highest BCUT2D eigenvalue weighted by molar-refractivity contribution is 5.80. The number of hydrogen-bond acceptors (Lipinski definition) is 2. The van der Waals surface area contributed by atoms with Gasteiger partial charge in [-0.15, -0.1) is 0 Å².